The number of hydrogen-bond acceptors (Lipinski definition) is 3. The quantitative estimate of drug-likeness (QED) is 0.760. The van der Waals surface area contributed by atoms with Crippen LogP contribution in [0.3, 0.4) is 0 Å². The minimum Gasteiger partial charge on any atom is -0.371 e. The van der Waals surface area contributed by atoms with Gasteiger partial charge in [0.15, 0.2) is 0 Å². The van der Waals surface area contributed by atoms with Gasteiger partial charge in [0.25, 0.3) is 0 Å². The molecule has 152 valence electrons. The van der Waals surface area contributed by atoms with Gasteiger partial charge < -0.3 is 14.7 Å². The van der Waals surface area contributed by atoms with Crippen molar-refractivity contribution in [3.8, 4) is 0 Å². The van der Waals surface area contributed by atoms with Crippen molar-refractivity contribution in [2.75, 3.05) is 57.8 Å². The predicted octanol–water partition coefficient (Wildman–Crippen LogP) is 4.74. The van der Waals surface area contributed by atoms with Gasteiger partial charge >= 0.3 is 0 Å². The Hall–Kier alpha value is -1.06. The number of anilines is 1. The molecule has 0 unspecified atom stereocenters. The minimum atomic E-state index is 0.647. The summed E-state index contributed by atoms with van der Waals surface area (Å²) in [6.07, 6.45) is 8.47. The van der Waals surface area contributed by atoms with Crippen LogP contribution in [-0.4, -0.2) is 62.7 Å². The van der Waals surface area contributed by atoms with E-state index < -0.39 is 0 Å². The Morgan fingerprint density at radius 1 is 0.815 bits per heavy atom. The van der Waals surface area contributed by atoms with Crippen LogP contribution < -0.4 is 4.90 Å². The lowest BCUT2D eigenvalue weighted by molar-refractivity contribution is 0.0620. The Labute approximate surface area is 167 Å². The third-order valence-corrected chi connectivity index (χ3v) is 7.22. The van der Waals surface area contributed by atoms with Crippen molar-refractivity contribution in [3.05, 3.63) is 30.3 Å². The first kappa shape index (κ1) is 20.7. The molecule has 3 aliphatic rings. The van der Waals surface area contributed by atoms with Crippen LogP contribution in [0.4, 0.5) is 5.69 Å². The van der Waals surface area contributed by atoms with Gasteiger partial charge in [-0.25, -0.2) is 0 Å². The van der Waals surface area contributed by atoms with Crippen LogP contribution in [0.15, 0.2) is 30.3 Å². The maximum atomic E-state index is 2.78. The van der Waals surface area contributed by atoms with E-state index in [0.29, 0.717) is 5.41 Å². The van der Waals surface area contributed by atoms with Crippen LogP contribution in [-0.2, 0) is 0 Å². The molecule has 1 aromatic rings. The molecule has 0 bridgehead atoms. The molecule has 4 rings (SSSR count). The second-order valence-electron chi connectivity index (χ2n) is 8.87. The van der Waals surface area contributed by atoms with Crippen LogP contribution in [0, 0.1) is 11.3 Å². The zero-order chi connectivity index (χ0) is 19.1. The molecule has 0 radical (unpaired) electrons. The highest BCUT2D eigenvalue weighted by Crippen LogP contribution is 2.42. The first-order valence-electron chi connectivity index (χ1n) is 11.4. The number of piperidine rings is 3. The number of rotatable bonds is 3. The van der Waals surface area contributed by atoms with E-state index in [4.69, 9.17) is 0 Å². The fraction of sp³-hybridized carbons (Fsp3) is 0.750. The van der Waals surface area contributed by atoms with Gasteiger partial charge in [-0.2, -0.15) is 0 Å². The highest BCUT2D eigenvalue weighted by molar-refractivity contribution is 5.46. The third kappa shape index (κ3) is 5.48. The highest BCUT2D eigenvalue weighted by atomic mass is 15.2. The minimum absolute atomic E-state index is 0.647. The van der Waals surface area contributed by atoms with Crippen LogP contribution in [0.2, 0.25) is 0 Å². The second kappa shape index (κ2) is 9.93. The molecule has 3 heteroatoms. The average Bonchev–Trinajstić information content (AvgIpc) is 2.74. The summed E-state index contributed by atoms with van der Waals surface area (Å²) in [5.74, 6) is 0.949. The van der Waals surface area contributed by atoms with Crippen LogP contribution in [0.25, 0.3) is 0 Å². The standard InChI is InChI=1S/C22H35N3.C2H6/c1-23-13-7-20(8-14-23)19-24-15-9-22(10-16-24)11-17-25(18-12-22)21-5-3-2-4-6-21;1-2/h2-6,20H,7-19H2,1H3;1-2H3. The Morgan fingerprint density at radius 3 is 1.96 bits per heavy atom. The first-order valence-corrected chi connectivity index (χ1v) is 11.4. The Kier molecular flexibility index (Phi) is 7.60. The smallest absolute Gasteiger partial charge is 0.0366 e. The molecule has 3 fully saturated rings. The lowest BCUT2D eigenvalue weighted by Crippen LogP contribution is -2.48. The van der Waals surface area contributed by atoms with E-state index in [2.05, 4.69) is 52.1 Å². The predicted molar refractivity (Wildman–Crippen MR) is 118 cm³/mol. The van der Waals surface area contributed by atoms with Crippen molar-refractivity contribution in [1.29, 1.82) is 0 Å². The van der Waals surface area contributed by atoms with E-state index in [1.165, 1.54) is 90.0 Å². The molecule has 1 spiro atoms. The maximum Gasteiger partial charge on any atom is 0.0366 e. The van der Waals surface area contributed by atoms with Crippen molar-refractivity contribution in [3.63, 3.8) is 0 Å². The van der Waals surface area contributed by atoms with E-state index in [9.17, 15) is 0 Å². The summed E-state index contributed by atoms with van der Waals surface area (Å²) in [6.45, 7) is 13.2. The molecular weight excluding hydrogens is 330 g/mol. The summed E-state index contributed by atoms with van der Waals surface area (Å²) in [6, 6.07) is 11.0. The molecule has 0 N–H and O–H groups in total. The van der Waals surface area contributed by atoms with Crippen LogP contribution >= 0.6 is 0 Å². The summed E-state index contributed by atoms with van der Waals surface area (Å²) < 4.78 is 0. The number of benzene rings is 1. The van der Waals surface area contributed by atoms with Gasteiger partial charge in [-0.1, -0.05) is 32.0 Å². The molecule has 3 saturated heterocycles. The van der Waals surface area contributed by atoms with E-state index in [0.717, 1.165) is 5.92 Å². The van der Waals surface area contributed by atoms with Gasteiger partial charge in [0.2, 0.25) is 0 Å². The number of nitrogens with zero attached hydrogens (tertiary/aromatic N) is 3. The molecular formula is C24H41N3. The largest absolute Gasteiger partial charge is 0.371 e. The molecule has 0 aliphatic carbocycles. The highest BCUT2D eigenvalue weighted by Gasteiger charge is 2.37. The molecule has 1 aromatic carbocycles. The van der Waals surface area contributed by atoms with E-state index in [1.807, 2.05) is 13.8 Å². The molecule has 27 heavy (non-hydrogen) atoms. The molecule has 0 atom stereocenters. The van der Waals surface area contributed by atoms with Crippen molar-refractivity contribution < 1.29 is 0 Å². The fourth-order valence-corrected chi connectivity index (χ4v) is 5.20. The maximum absolute atomic E-state index is 2.78. The van der Waals surface area contributed by atoms with Gasteiger partial charge in [0.1, 0.15) is 0 Å². The Balaban J connectivity index is 0.00000102. The van der Waals surface area contributed by atoms with Gasteiger partial charge in [-0.05, 0) is 95.2 Å². The second-order valence-corrected chi connectivity index (χ2v) is 8.87. The number of hydrogen-bond donors (Lipinski definition) is 0. The summed E-state index contributed by atoms with van der Waals surface area (Å²) in [4.78, 5) is 7.86. The third-order valence-electron chi connectivity index (χ3n) is 7.22. The Morgan fingerprint density at radius 2 is 1.37 bits per heavy atom. The van der Waals surface area contributed by atoms with Crippen molar-refractivity contribution in [2.24, 2.45) is 11.3 Å². The van der Waals surface area contributed by atoms with E-state index in [1.54, 1.807) is 0 Å². The van der Waals surface area contributed by atoms with Crippen molar-refractivity contribution in [1.82, 2.24) is 9.80 Å². The van der Waals surface area contributed by atoms with Gasteiger partial charge in [0.05, 0.1) is 0 Å². The zero-order valence-electron chi connectivity index (χ0n) is 18.0. The van der Waals surface area contributed by atoms with Crippen LogP contribution in [0.1, 0.15) is 52.4 Å². The van der Waals surface area contributed by atoms with Gasteiger partial charge in [0, 0.05) is 25.3 Å². The first-order chi connectivity index (χ1) is 13.2. The lowest BCUT2D eigenvalue weighted by Gasteiger charge is -2.48. The number of para-hydroxylation sites is 1. The molecule has 3 heterocycles. The normalized spacial score (nSPS) is 24.5. The topological polar surface area (TPSA) is 9.72 Å². The molecule has 3 nitrogen and oxygen atoms in total. The average molecular weight is 372 g/mol. The monoisotopic (exact) mass is 371 g/mol. The molecule has 0 saturated carbocycles. The van der Waals surface area contributed by atoms with Gasteiger partial charge in [-0.3, -0.25) is 0 Å². The molecule has 0 amide bonds. The van der Waals surface area contributed by atoms with E-state index >= 15 is 0 Å². The fourth-order valence-electron chi connectivity index (χ4n) is 5.20. The van der Waals surface area contributed by atoms with E-state index in [-0.39, 0.29) is 0 Å². The number of likely N-dealkylation sites (tertiary alicyclic amines) is 2. The summed E-state index contributed by atoms with van der Waals surface area (Å²) >= 11 is 0. The van der Waals surface area contributed by atoms with Crippen molar-refractivity contribution >= 4 is 5.69 Å². The zero-order valence-corrected chi connectivity index (χ0v) is 18.0. The summed E-state index contributed by atoms with van der Waals surface area (Å²) in [5.41, 5.74) is 2.06. The lowest BCUT2D eigenvalue weighted by atomic mass is 9.71. The van der Waals surface area contributed by atoms with Crippen LogP contribution in [0.5, 0.6) is 0 Å². The molecule has 0 aromatic heterocycles. The molecule has 3 aliphatic heterocycles. The summed E-state index contributed by atoms with van der Waals surface area (Å²) in [5, 5.41) is 0. The van der Waals surface area contributed by atoms with Gasteiger partial charge in [-0.15, -0.1) is 0 Å². The Bertz CT molecular complexity index is 518. The SMILES string of the molecule is CC.CN1CCC(CN2CCC3(CC2)CCN(c2ccccc2)CC3)CC1. The summed E-state index contributed by atoms with van der Waals surface area (Å²) in [7, 11) is 2.27. The van der Waals surface area contributed by atoms with Crippen molar-refractivity contribution in [2.45, 2.75) is 52.4 Å².